The molecule has 1 heterocycles. The van der Waals surface area contributed by atoms with Gasteiger partial charge >= 0.3 is 5.97 Å². The van der Waals surface area contributed by atoms with Crippen molar-refractivity contribution < 1.29 is 14.3 Å². The molecule has 1 aliphatic rings. The van der Waals surface area contributed by atoms with Gasteiger partial charge in [0, 0.05) is 11.5 Å². The minimum Gasteiger partial charge on any atom is -0.462 e. The Labute approximate surface area is 78.7 Å². The van der Waals surface area contributed by atoms with E-state index in [4.69, 9.17) is 9.47 Å². The number of hydrogen-bond acceptors (Lipinski definition) is 3. The van der Waals surface area contributed by atoms with E-state index < -0.39 is 0 Å². The molecule has 1 aliphatic heterocycles. The first-order valence-corrected chi connectivity index (χ1v) is 4.65. The molecule has 0 spiro atoms. The van der Waals surface area contributed by atoms with Gasteiger partial charge in [-0.1, -0.05) is 13.0 Å². The third-order valence-electron chi connectivity index (χ3n) is 1.99. The number of carbonyl (C=O) groups is 1. The fraction of sp³-hybridized carbons (Fsp3) is 0.700. The normalized spacial score (nSPS) is 18.2. The van der Waals surface area contributed by atoms with E-state index in [0.29, 0.717) is 18.1 Å². The van der Waals surface area contributed by atoms with Crippen LogP contribution < -0.4 is 0 Å². The topological polar surface area (TPSA) is 35.5 Å². The van der Waals surface area contributed by atoms with Crippen molar-refractivity contribution in [2.75, 3.05) is 19.8 Å². The fourth-order valence-electron chi connectivity index (χ4n) is 1.08. The van der Waals surface area contributed by atoms with Crippen LogP contribution in [0.5, 0.6) is 0 Å². The second-order valence-corrected chi connectivity index (χ2v) is 3.30. The third-order valence-corrected chi connectivity index (χ3v) is 1.99. The molecule has 0 saturated carbocycles. The minimum atomic E-state index is -0.200. The van der Waals surface area contributed by atoms with Crippen LogP contribution in [0.4, 0.5) is 0 Å². The second kappa shape index (κ2) is 5.02. The molecule has 0 aromatic rings. The second-order valence-electron chi connectivity index (χ2n) is 3.30. The lowest BCUT2D eigenvalue weighted by Crippen LogP contribution is -2.32. The molecule has 1 rings (SSSR count). The highest BCUT2D eigenvalue weighted by atomic mass is 16.5. The number of allylic oxidation sites excluding steroid dienone is 1. The van der Waals surface area contributed by atoms with Crippen molar-refractivity contribution in [2.24, 2.45) is 5.92 Å². The molecule has 0 aromatic heterocycles. The van der Waals surface area contributed by atoms with Gasteiger partial charge in [-0.25, -0.2) is 4.79 Å². The Kier molecular flexibility index (Phi) is 3.96. The number of carbonyl (C=O) groups excluding carboxylic acids is 1. The highest BCUT2D eigenvalue weighted by Crippen LogP contribution is 2.10. The first kappa shape index (κ1) is 10.3. The zero-order valence-corrected chi connectivity index (χ0v) is 8.21. The van der Waals surface area contributed by atoms with E-state index in [9.17, 15) is 4.79 Å². The molecule has 1 saturated heterocycles. The summed E-state index contributed by atoms with van der Waals surface area (Å²) in [5.41, 5.74) is 0.697. The summed E-state index contributed by atoms with van der Waals surface area (Å²) < 4.78 is 10.0. The van der Waals surface area contributed by atoms with Gasteiger partial charge < -0.3 is 9.47 Å². The van der Waals surface area contributed by atoms with Crippen molar-refractivity contribution in [1.29, 1.82) is 0 Å². The summed E-state index contributed by atoms with van der Waals surface area (Å²) in [5.74, 6) is 0.215. The smallest absolute Gasteiger partial charge is 0.333 e. The summed E-state index contributed by atoms with van der Waals surface area (Å²) in [6, 6.07) is 0. The molecule has 3 heteroatoms. The Morgan fingerprint density at radius 2 is 2.31 bits per heavy atom. The molecule has 0 radical (unpaired) electrons. The quantitative estimate of drug-likeness (QED) is 0.491. The van der Waals surface area contributed by atoms with E-state index in [1.54, 1.807) is 6.92 Å². The standard InChI is InChI=1S/C10H16O3/c1-3-4-8(2)10(11)13-7-9-5-12-6-9/h4,9H,3,5-7H2,1-2H3. The highest BCUT2D eigenvalue weighted by Gasteiger charge is 2.20. The van der Waals surface area contributed by atoms with Crippen molar-refractivity contribution in [1.82, 2.24) is 0 Å². The van der Waals surface area contributed by atoms with Crippen LogP contribution in [0.1, 0.15) is 20.3 Å². The molecule has 74 valence electrons. The monoisotopic (exact) mass is 184 g/mol. The Hall–Kier alpha value is -0.830. The predicted octanol–water partition coefficient (Wildman–Crippen LogP) is 1.53. The maximum absolute atomic E-state index is 11.2. The molecule has 0 N–H and O–H groups in total. The van der Waals surface area contributed by atoms with Gasteiger partial charge in [-0.15, -0.1) is 0 Å². The zero-order valence-electron chi connectivity index (χ0n) is 8.21. The SMILES string of the molecule is CCC=C(C)C(=O)OCC1COC1. The van der Waals surface area contributed by atoms with Gasteiger partial charge in [0.25, 0.3) is 0 Å². The fourth-order valence-corrected chi connectivity index (χ4v) is 1.08. The van der Waals surface area contributed by atoms with Gasteiger partial charge in [-0.3, -0.25) is 0 Å². The first-order chi connectivity index (χ1) is 6.24. The molecule has 0 aliphatic carbocycles. The number of ether oxygens (including phenoxy) is 2. The van der Waals surface area contributed by atoms with Crippen molar-refractivity contribution in [3.8, 4) is 0 Å². The molecule has 0 aromatic carbocycles. The van der Waals surface area contributed by atoms with Crippen molar-refractivity contribution >= 4 is 5.97 Å². The van der Waals surface area contributed by atoms with E-state index in [-0.39, 0.29) is 5.97 Å². The summed E-state index contributed by atoms with van der Waals surface area (Å²) in [6.07, 6.45) is 2.74. The predicted molar refractivity (Wildman–Crippen MR) is 49.3 cm³/mol. The van der Waals surface area contributed by atoms with Crippen LogP contribution in [0.15, 0.2) is 11.6 Å². The highest BCUT2D eigenvalue weighted by molar-refractivity contribution is 5.87. The van der Waals surface area contributed by atoms with Crippen LogP contribution in [-0.2, 0) is 14.3 Å². The summed E-state index contributed by atoms with van der Waals surface area (Å²) in [6.45, 7) is 5.72. The van der Waals surface area contributed by atoms with Crippen LogP contribution in [0.25, 0.3) is 0 Å². The molecular formula is C10H16O3. The molecule has 0 bridgehead atoms. The van der Waals surface area contributed by atoms with E-state index in [1.165, 1.54) is 0 Å². The summed E-state index contributed by atoms with van der Waals surface area (Å²) in [5, 5.41) is 0. The van der Waals surface area contributed by atoms with Crippen LogP contribution in [0, 0.1) is 5.92 Å². The van der Waals surface area contributed by atoms with Crippen molar-refractivity contribution in [2.45, 2.75) is 20.3 Å². The molecular weight excluding hydrogens is 168 g/mol. The van der Waals surface area contributed by atoms with Crippen LogP contribution in [0.2, 0.25) is 0 Å². The van der Waals surface area contributed by atoms with Gasteiger partial charge in [0.1, 0.15) is 0 Å². The number of hydrogen-bond donors (Lipinski definition) is 0. The maximum atomic E-state index is 11.2. The Morgan fingerprint density at radius 1 is 1.62 bits per heavy atom. The lowest BCUT2D eigenvalue weighted by molar-refractivity contribution is -0.146. The third kappa shape index (κ3) is 3.19. The maximum Gasteiger partial charge on any atom is 0.333 e. The Morgan fingerprint density at radius 3 is 2.77 bits per heavy atom. The molecule has 0 unspecified atom stereocenters. The lowest BCUT2D eigenvalue weighted by atomic mass is 10.1. The average molecular weight is 184 g/mol. The van der Waals surface area contributed by atoms with Crippen molar-refractivity contribution in [3.05, 3.63) is 11.6 Å². The summed E-state index contributed by atoms with van der Waals surface area (Å²) >= 11 is 0. The van der Waals surface area contributed by atoms with Crippen LogP contribution in [0.3, 0.4) is 0 Å². The lowest BCUT2D eigenvalue weighted by Gasteiger charge is -2.25. The van der Waals surface area contributed by atoms with E-state index in [1.807, 2.05) is 13.0 Å². The number of esters is 1. The van der Waals surface area contributed by atoms with Gasteiger partial charge in [0.2, 0.25) is 0 Å². The van der Waals surface area contributed by atoms with Gasteiger partial charge in [0.05, 0.1) is 19.8 Å². The summed E-state index contributed by atoms with van der Waals surface area (Å²) in [7, 11) is 0. The Balaban J connectivity index is 2.19. The molecule has 0 atom stereocenters. The Bertz CT molecular complexity index is 204. The minimum absolute atomic E-state index is 0.200. The van der Waals surface area contributed by atoms with Crippen molar-refractivity contribution in [3.63, 3.8) is 0 Å². The van der Waals surface area contributed by atoms with Gasteiger partial charge in [-0.05, 0) is 13.3 Å². The van der Waals surface area contributed by atoms with E-state index in [2.05, 4.69) is 0 Å². The molecule has 0 amide bonds. The average Bonchev–Trinajstić information content (AvgIpc) is 2.01. The summed E-state index contributed by atoms with van der Waals surface area (Å²) in [4.78, 5) is 11.2. The molecule has 1 fully saturated rings. The van der Waals surface area contributed by atoms with Gasteiger partial charge in [0.15, 0.2) is 0 Å². The zero-order chi connectivity index (χ0) is 9.68. The molecule has 3 nitrogen and oxygen atoms in total. The number of rotatable bonds is 4. The molecule has 13 heavy (non-hydrogen) atoms. The van der Waals surface area contributed by atoms with Crippen LogP contribution >= 0.6 is 0 Å². The van der Waals surface area contributed by atoms with Crippen LogP contribution in [-0.4, -0.2) is 25.8 Å². The van der Waals surface area contributed by atoms with E-state index in [0.717, 1.165) is 19.6 Å². The first-order valence-electron chi connectivity index (χ1n) is 4.65. The largest absolute Gasteiger partial charge is 0.462 e. The van der Waals surface area contributed by atoms with Gasteiger partial charge in [-0.2, -0.15) is 0 Å². The van der Waals surface area contributed by atoms with E-state index >= 15 is 0 Å².